The molecule has 0 aromatic heterocycles. The summed E-state index contributed by atoms with van der Waals surface area (Å²) in [5.74, 6) is 0. The summed E-state index contributed by atoms with van der Waals surface area (Å²) in [6.07, 6.45) is 1.57. The SMILES string of the molecule is CS(=O)c1ccc(Cl)cc1-c1ccc(S(N)(=O)=O)cc1. The highest BCUT2D eigenvalue weighted by Crippen LogP contribution is 2.29. The van der Waals surface area contributed by atoms with E-state index < -0.39 is 20.8 Å². The number of hydrogen-bond donors (Lipinski definition) is 1. The molecule has 1 unspecified atom stereocenters. The van der Waals surface area contributed by atoms with Gasteiger partial charge in [-0.25, -0.2) is 13.6 Å². The molecule has 2 rings (SSSR count). The summed E-state index contributed by atoms with van der Waals surface area (Å²) in [6.45, 7) is 0. The van der Waals surface area contributed by atoms with Crippen LogP contribution in [0.2, 0.25) is 5.02 Å². The van der Waals surface area contributed by atoms with Crippen molar-refractivity contribution < 1.29 is 12.6 Å². The zero-order valence-corrected chi connectivity index (χ0v) is 12.9. The quantitative estimate of drug-likeness (QED) is 0.939. The van der Waals surface area contributed by atoms with Gasteiger partial charge in [0.15, 0.2) is 0 Å². The second kappa shape index (κ2) is 5.65. The van der Waals surface area contributed by atoms with Crippen molar-refractivity contribution in [3.63, 3.8) is 0 Å². The summed E-state index contributed by atoms with van der Waals surface area (Å²) in [7, 11) is -4.90. The number of benzene rings is 2. The number of hydrogen-bond acceptors (Lipinski definition) is 3. The van der Waals surface area contributed by atoms with Crippen LogP contribution in [-0.2, 0) is 20.8 Å². The Morgan fingerprint density at radius 3 is 2.20 bits per heavy atom. The lowest BCUT2D eigenvalue weighted by Crippen LogP contribution is -2.11. The van der Waals surface area contributed by atoms with Crippen LogP contribution in [0.15, 0.2) is 52.3 Å². The second-order valence-electron chi connectivity index (χ2n) is 4.16. The molecule has 0 saturated heterocycles. The molecule has 2 N–H and O–H groups in total. The molecule has 20 heavy (non-hydrogen) atoms. The van der Waals surface area contributed by atoms with Gasteiger partial charge in [0.1, 0.15) is 0 Å². The zero-order valence-electron chi connectivity index (χ0n) is 10.5. The summed E-state index contributed by atoms with van der Waals surface area (Å²) >= 11 is 5.96. The summed E-state index contributed by atoms with van der Waals surface area (Å²) in [4.78, 5) is 0.667. The number of rotatable bonds is 3. The predicted molar refractivity (Wildman–Crippen MR) is 80.6 cm³/mol. The fourth-order valence-corrected chi connectivity index (χ4v) is 3.24. The van der Waals surface area contributed by atoms with E-state index >= 15 is 0 Å². The monoisotopic (exact) mass is 329 g/mol. The van der Waals surface area contributed by atoms with Gasteiger partial charge in [0.05, 0.1) is 15.7 Å². The van der Waals surface area contributed by atoms with Gasteiger partial charge in [0.25, 0.3) is 0 Å². The van der Waals surface area contributed by atoms with Gasteiger partial charge < -0.3 is 0 Å². The van der Waals surface area contributed by atoms with Crippen molar-refractivity contribution in [3.8, 4) is 11.1 Å². The maximum absolute atomic E-state index is 11.7. The lowest BCUT2D eigenvalue weighted by Gasteiger charge is -2.09. The van der Waals surface area contributed by atoms with Gasteiger partial charge in [-0.2, -0.15) is 0 Å². The van der Waals surface area contributed by atoms with Crippen molar-refractivity contribution in [3.05, 3.63) is 47.5 Å². The van der Waals surface area contributed by atoms with Crippen LogP contribution in [0.1, 0.15) is 0 Å². The van der Waals surface area contributed by atoms with Crippen LogP contribution in [0.25, 0.3) is 11.1 Å². The van der Waals surface area contributed by atoms with E-state index in [2.05, 4.69) is 0 Å². The summed E-state index contributed by atoms with van der Waals surface area (Å²) in [6, 6.07) is 11.1. The van der Waals surface area contributed by atoms with E-state index in [1.807, 2.05) is 0 Å². The van der Waals surface area contributed by atoms with Gasteiger partial charge >= 0.3 is 0 Å². The third-order valence-corrected chi connectivity index (χ3v) is 4.88. The van der Waals surface area contributed by atoms with Crippen LogP contribution in [0.3, 0.4) is 0 Å². The maximum Gasteiger partial charge on any atom is 0.238 e. The minimum atomic E-state index is -3.72. The summed E-state index contributed by atoms with van der Waals surface area (Å²) in [5.41, 5.74) is 1.43. The molecule has 0 aliphatic carbocycles. The third-order valence-electron chi connectivity index (χ3n) is 2.75. The first-order valence-electron chi connectivity index (χ1n) is 5.55. The first kappa shape index (κ1) is 15.2. The number of sulfonamides is 1. The molecule has 0 fully saturated rings. The maximum atomic E-state index is 11.7. The first-order valence-corrected chi connectivity index (χ1v) is 9.03. The van der Waals surface area contributed by atoms with Crippen LogP contribution in [0, 0.1) is 0 Å². The molecular weight excluding hydrogens is 318 g/mol. The van der Waals surface area contributed by atoms with Crippen LogP contribution in [0.4, 0.5) is 0 Å². The molecule has 0 aliphatic heterocycles. The molecule has 0 saturated carbocycles. The largest absolute Gasteiger partial charge is 0.255 e. The number of halogens is 1. The molecule has 0 spiro atoms. The van der Waals surface area contributed by atoms with E-state index in [9.17, 15) is 12.6 Å². The molecule has 4 nitrogen and oxygen atoms in total. The molecule has 0 aliphatic rings. The Morgan fingerprint density at radius 1 is 1.10 bits per heavy atom. The smallest absolute Gasteiger partial charge is 0.238 e. The van der Waals surface area contributed by atoms with Gasteiger partial charge in [-0.05, 0) is 41.5 Å². The minimum absolute atomic E-state index is 0.0300. The van der Waals surface area contributed by atoms with E-state index in [0.717, 1.165) is 5.56 Å². The second-order valence-corrected chi connectivity index (χ2v) is 7.51. The minimum Gasteiger partial charge on any atom is -0.255 e. The van der Waals surface area contributed by atoms with E-state index in [1.54, 1.807) is 36.6 Å². The number of nitrogens with two attached hydrogens (primary N) is 1. The molecule has 1 atom stereocenters. The zero-order chi connectivity index (χ0) is 14.9. The van der Waals surface area contributed by atoms with E-state index in [-0.39, 0.29) is 4.90 Å². The Bertz CT molecular complexity index is 771. The molecular formula is C13H12ClNO3S2. The molecule has 7 heteroatoms. The van der Waals surface area contributed by atoms with Crippen LogP contribution >= 0.6 is 11.6 Å². The molecule has 0 heterocycles. The molecule has 2 aromatic rings. The Morgan fingerprint density at radius 2 is 1.70 bits per heavy atom. The summed E-state index contributed by atoms with van der Waals surface area (Å²) < 4.78 is 34.2. The van der Waals surface area contributed by atoms with Crippen LogP contribution < -0.4 is 5.14 Å². The van der Waals surface area contributed by atoms with Crippen molar-refractivity contribution in [1.82, 2.24) is 0 Å². The normalized spacial score (nSPS) is 13.2. The molecule has 0 bridgehead atoms. The molecule has 0 amide bonds. The lowest BCUT2D eigenvalue weighted by molar-refractivity contribution is 0.598. The van der Waals surface area contributed by atoms with Gasteiger partial charge in [0.2, 0.25) is 10.0 Å². The fraction of sp³-hybridized carbons (Fsp3) is 0.0769. The molecule has 2 aromatic carbocycles. The van der Waals surface area contributed by atoms with Gasteiger partial charge in [0, 0.05) is 16.2 Å². The Hall–Kier alpha value is -1.21. The Balaban J connectivity index is 2.57. The lowest BCUT2D eigenvalue weighted by atomic mass is 10.1. The fourth-order valence-electron chi connectivity index (χ4n) is 1.80. The van der Waals surface area contributed by atoms with Gasteiger partial charge in [-0.3, -0.25) is 4.21 Å². The van der Waals surface area contributed by atoms with Crippen LogP contribution in [-0.4, -0.2) is 18.9 Å². The van der Waals surface area contributed by atoms with Crippen LogP contribution in [0.5, 0.6) is 0 Å². The standard InChI is InChI=1S/C13H12ClNO3S2/c1-19(16)13-7-4-10(14)8-12(13)9-2-5-11(6-3-9)20(15,17)18/h2-8H,1H3,(H2,15,17,18). The van der Waals surface area contributed by atoms with Crippen molar-refractivity contribution in [2.75, 3.05) is 6.26 Å². The average molecular weight is 330 g/mol. The van der Waals surface area contributed by atoms with Crippen molar-refractivity contribution in [2.24, 2.45) is 5.14 Å². The molecule has 0 radical (unpaired) electrons. The van der Waals surface area contributed by atoms with Crippen molar-refractivity contribution in [2.45, 2.75) is 9.79 Å². The van der Waals surface area contributed by atoms with E-state index in [1.165, 1.54) is 12.1 Å². The predicted octanol–water partition coefficient (Wildman–Crippen LogP) is 2.39. The third kappa shape index (κ3) is 3.27. The molecule has 106 valence electrons. The highest BCUT2D eigenvalue weighted by atomic mass is 35.5. The number of primary sulfonamides is 1. The topological polar surface area (TPSA) is 77.2 Å². The Kier molecular flexibility index (Phi) is 4.29. The van der Waals surface area contributed by atoms with Gasteiger partial charge in [-0.1, -0.05) is 23.7 Å². The first-order chi connectivity index (χ1) is 9.29. The van der Waals surface area contributed by atoms with Gasteiger partial charge in [-0.15, -0.1) is 0 Å². The van der Waals surface area contributed by atoms with E-state index in [0.29, 0.717) is 15.5 Å². The summed E-state index contributed by atoms with van der Waals surface area (Å²) in [5, 5.41) is 5.57. The van der Waals surface area contributed by atoms with Crippen molar-refractivity contribution >= 4 is 32.4 Å². The Labute approximate surface area is 125 Å². The van der Waals surface area contributed by atoms with E-state index in [4.69, 9.17) is 16.7 Å². The average Bonchev–Trinajstić information content (AvgIpc) is 2.37. The van der Waals surface area contributed by atoms with Crippen molar-refractivity contribution in [1.29, 1.82) is 0 Å². The highest BCUT2D eigenvalue weighted by Gasteiger charge is 2.11. The highest BCUT2D eigenvalue weighted by molar-refractivity contribution is 7.89.